The van der Waals surface area contributed by atoms with E-state index in [-0.39, 0.29) is 0 Å². The molecule has 0 aliphatic carbocycles. The third kappa shape index (κ3) is 3.78. The van der Waals surface area contributed by atoms with Crippen molar-refractivity contribution in [1.82, 2.24) is 5.32 Å². The molecule has 1 aromatic rings. The second kappa shape index (κ2) is 6.24. The van der Waals surface area contributed by atoms with Gasteiger partial charge in [-0.25, -0.2) is 0 Å². The van der Waals surface area contributed by atoms with Gasteiger partial charge in [-0.2, -0.15) is 0 Å². The van der Waals surface area contributed by atoms with Gasteiger partial charge in [0.15, 0.2) is 0 Å². The fraction of sp³-hybridized carbons (Fsp3) is 0.538. The molecule has 0 bridgehead atoms. The summed E-state index contributed by atoms with van der Waals surface area (Å²) in [4.78, 5) is 0. The monoisotopic (exact) mass is 239 g/mol. The SMILES string of the molecule is Clc1ccc(COC[C@H]2CCCCN2)cc1. The maximum atomic E-state index is 5.82. The highest BCUT2D eigenvalue weighted by Crippen LogP contribution is 2.11. The molecular weight excluding hydrogens is 222 g/mol. The van der Waals surface area contributed by atoms with Crippen molar-refractivity contribution in [3.8, 4) is 0 Å². The van der Waals surface area contributed by atoms with Gasteiger partial charge in [-0.15, -0.1) is 0 Å². The molecule has 1 saturated heterocycles. The Balaban J connectivity index is 1.69. The molecule has 0 saturated carbocycles. The quantitative estimate of drug-likeness (QED) is 0.872. The molecule has 0 spiro atoms. The summed E-state index contributed by atoms with van der Waals surface area (Å²) in [7, 11) is 0. The third-order valence-corrected chi connectivity index (χ3v) is 3.17. The minimum absolute atomic E-state index is 0.543. The van der Waals surface area contributed by atoms with Gasteiger partial charge in [-0.3, -0.25) is 0 Å². The van der Waals surface area contributed by atoms with Crippen LogP contribution >= 0.6 is 11.6 Å². The zero-order valence-electron chi connectivity index (χ0n) is 9.42. The first-order valence-corrected chi connectivity index (χ1v) is 6.28. The van der Waals surface area contributed by atoms with Gasteiger partial charge >= 0.3 is 0 Å². The second-order valence-electron chi connectivity index (χ2n) is 4.29. The van der Waals surface area contributed by atoms with Crippen LogP contribution in [0.2, 0.25) is 5.02 Å². The maximum absolute atomic E-state index is 5.82. The van der Waals surface area contributed by atoms with E-state index in [4.69, 9.17) is 16.3 Å². The highest BCUT2D eigenvalue weighted by molar-refractivity contribution is 6.30. The number of piperidine rings is 1. The number of benzene rings is 1. The van der Waals surface area contributed by atoms with Crippen molar-refractivity contribution in [2.24, 2.45) is 0 Å². The molecule has 1 atom stereocenters. The van der Waals surface area contributed by atoms with E-state index >= 15 is 0 Å². The van der Waals surface area contributed by atoms with E-state index < -0.39 is 0 Å². The largest absolute Gasteiger partial charge is 0.375 e. The van der Waals surface area contributed by atoms with Crippen LogP contribution in [0.4, 0.5) is 0 Å². The number of hydrogen-bond donors (Lipinski definition) is 1. The summed E-state index contributed by atoms with van der Waals surface area (Å²) in [5.74, 6) is 0. The summed E-state index contributed by atoms with van der Waals surface area (Å²) in [5.41, 5.74) is 1.18. The van der Waals surface area contributed by atoms with E-state index in [9.17, 15) is 0 Å². The van der Waals surface area contributed by atoms with Crippen LogP contribution in [0.5, 0.6) is 0 Å². The molecule has 1 fully saturated rings. The Morgan fingerprint density at radius 1 is 1.25 bits per heavy atom. The minimum Gasteiger partial charge on any atom is -0.375 e. The van der Waals surface area contributed by atoms with E-state index in [1.54, 1.807) is 0 Å². The van der Waals surface area contributed by atoms with E-state index in [0.717, 1.165) is 18.2 Å². The molecule has 0 unspecified atom stereocenters. The lowest BCUT2D eigenvalue weighted by Gasteiger charge is -2.23. The van der Waals surface area contributed by atoms with Gasteiger partial charge in [-0.05, 0) is 37.1 Å². The lowest BCUT2D eigenvalue weighted by atomic mass is 10.1. The minimum atomic E-state index is 0.543. The van der Waals surface area contributed by atoms with Crippen molar-refractivity contribution in [2.45, 2.75) is 31.9 Å². The Morgan fingerprint density at radius 2 is 2.06 bits per heavy atom. The average Bonchev–Trinajstić information content (AvgIpc) is 2.33. The van der Waals surface area contributed by atoms with Gasteiger partial charge in [0.2, 0.25) is 0 Å². The number of halogens is 1. The summed E-state index contributed by atoms with van der Waals surface area (Å²) in [6, 6.07) is 8.37. The Morgan fingerprint density at radius 3 is 2.75 bits per heavy atom. The Hall–Kier alpha value is -0.570. The van der Waals surface area contributed by atoms with Crippen molar-refractivity contribution in [3.05, 3.63) is 34.9 Å². The summed E-state index contributed by atoms with van der Waals surface area (Å²) < 4.78 is 5.69. The predicted octanol–water partition coefficient (Wildman–Crippen LogP) is 3.00. The molecule has 3 heteroatoms. The fourth-order valence-electron chi connectivity index (χ4n) is 1.97. The maximum Gasteiger partial charge on any atom is 0.0717 e. The topological polar surface area (TPSA) is 21.3 Å². The predicted molar refractivity (Wildman–Crippen MR) is 66.7 cm³/mol. The van der Waals surface area contributed by atoms with Crippen LogP contribution in [-0.4, -0.2) is 19.2 Å². The van der Waals surface area contributed by atoms with E-state index in [1.807, 2.05) is 24.3 Å². The zero-order valence-corrected chi connectivity index (χ0v) is 10.2. The number of ether oxygens (including phenoxy) is 1. The first kappa shape index (κ1) is 11.9. The van der Waals surface area contributed by atoms with E-state index in [2.05, 4.69) is 5.32 Å². The molecule has 1 N–H and O–H groups in total. The Bertz CT molecular complexity index is 306. The molecule has 0 radical (unpaired) electrons. The molecular formula is C13H18ClNO. The van der Waals surface area contributed by atoms with Crippen LogP contribution in [0.15, 0.2) is 24.3 Å². The Kier molecular flexibility index (Phi) is 4.64. The number of hydrogen-bond acceptors (Lipinski definition) is 2. The number of rotatable bonds is 4. The highest BCUT2D eigenvalue weighted by atomic mass is 35.5. The average molecular weight is 240 g/mol. The molecule has 1 aromatic carbocycles. The van der Waals surface area contributed by atoms with Gasteiger partial charge in [0.1, 0.15) is 0 Å². The molecule has 2 nitrogen and oxygen atoms in total. The molecule has 88 valence electrons. The van der Waals surface area contributed by atoms with E-state index in [0.29, 0.717) is 12.6 Å². The molecule has 16 heavy (non-hydrogen) atoms. The molecule has 1 aliphatic rings. The lowest BCUT2D eigenvalue weighted by molar-refractivity contribution is 0.0911. The van der Waals surface area contributed by atoms with Crippen molar-refractivity contribution >= 4 is 11.6 Å². The molecule has 2 rings (SSSR count). The van der Waals surface area contributed by atoms with Crippen molar-refractivity contribution < 1.29 is 4.74 Å². The summed E-state index contributed by atoms with van der Waals surface area (Å²) in [5, 5.41) is 4.24. The van der Waals surface area contributed by atoms with Crippen molar-refractivity contribution in [2.75, 3.05) is 13.2 Å². The lowest BCUT2D eigenvalue weighted by Crippen LogP contribution is -2.37. The van der Waals surface area contributed by atoms with Gasteiger partial charge < -0.3 is 10.1 Å². The van der Waals surface area contributed by atoms with Gasteiger partial charge in [0.25, 0.3) is 0 Å². The molecule has 0 amide bonds. The normalized spacial score (nSPS) is 20.9. The third-order valence-electron chi connectivity index (χ3n) is 2.91. The molecule has 1 aliphatic heterocycles. The smallest absolute Gasteiger partial charge is 0.0717 e. The van der Waals surface area contributed by atoms with Crippen LogP contribution in [0.3, 0.4) is 0 Å². The molecule has 1 heterocycles. The van der Waals surface area contributed by atoms with Crippen LogP contribution in [-0.2, 0) is 11.3 Å². The summed E-state index contributed by atoms with van der Waals surface area (Å²) >= 11 is 5.82. The number of nitrogens with one attached hydrogen (secondary N) is 1. The van der Waals surface area contributed by atoms with E-state index in [1.165, 1.54) is 24.8 Å². The summed E-state index contributed by atoms with van der Waals surface area (Å²) in [6.07, 6.45) is 3.86. The molecule has 0 aromatic heterocycles. The van der Waals surface area contributed by atoms with Crippen LogP contribution in [0.1, 0.15) is 24.8 Å². The highest BCUT2D eigenvalue weighted by Gasteiger charge is 2.11. The van der Waals surface area contributed by atoms with Gasteiger partial charge in [-0.1, -0.05) is 30.2 Å². The first-order chi connectivity index (χ1) is 7.84. The fourth-order valence-corrected chi connectivity index (χ4v) is 2.09. The van der Waals surface area contributed by atoms with Gasteiger partial charge in [0, 0.05) is 11.1 Å². The zero-order chi connectivity index (χ0) is 11.2. The standard InChI is InChI=1S/C13H18ClNO/c14-12-6-4-11(5-7-12)9-16-10-13-3-1-2-8-15-13/h4-7,13,15H,1-3,8-10H2/t13-/m1/s1. The first-order valence-electron chi connectivity index (χ1n) is 5.90. The Labute approximate surface area is 102 Å². The second-order valence-corrected chi connectivity index (χ2v) is 4.72. The van der Waals surface area contributed by atoms with Crippen molar-refractivity contribution in [1.29, 1.82) is 0 Å². The summed E-state index contributed by atoms with van der Waals surface area (Å²) in [6.45, 7) is 2.62. The van der Waals surface area contributed by atoms with Crippen molar-refractivity contribution in [3.63, 3.8) is 0 Å². The van der Waals surface area contributed by atoms with Crippen LogP contribution in [0.25, 0.3) is 0 Å². The van der Waals surface area contributed by atoms with Crippen LogP contribution in [0, 0.1) is 0 Å². The van der Waals surface area contributed by atoms with Gasteiger partial charge in [0.05, 0.1) is 13.2 Å². The van der Waals surface area contributed by atoms with Crippen LogP contribution < -0.4 is 5.32 Å².